The summed E-state index contributed by atoms with van der Waals surface area (Å²) in [5.41, 5.74) is 0.389. The highest BCUT2D eigenvalue weighted by Gasteiger charge is 2.12. The van der Waals surface area contributed by atoms with E-state index in [1.165, 1.54) is 18.3 Å². The number of anilines is 1. The molecule has 0 spiro atoms. The first-order valence-corrected chi connectivity index (χ1v) is 5.98. The second kappa shape index (κ2) is 5.60. The molecule has 0 aliphatic carbocycles. The lowest BCUT2D eigenvalue weighted by molar-refractivity contribution is 0.101. The Labute approximate surface area is 98.5 Å². The Kier molecular flexibility index (Phi) is 4.42. The molecule has 88 valence electrons. The zero-order valence-electron chi connectivity index (χ0n) is 9.61. The maximum Gasteiger partial charge on any atom is 0.323 e. The highest BCUT2D eigenvalue weighted by Crippen LogP contribution is 2.16. The van der Waals surface area contributed by atoms with Crippen molar-refractivity contribution >= 4 is 28.3 Å². The molecule has 0 radical (unpaired) electrons. The molecule has 0 aliphatic heterocycles. The summed E-state index contributed by atoms with van der Waals surface area (Å²) in [5.74, 6) is -0.0976. The minimum atomic E-state index is -0.186. The van der Waals surface area contributed by atoms with Gasteiger partial charge in [-0.15, -0.1) is 11.3 Å². The topological polar surface area (TPSA) is 62.3 Å². The average Bonchev–Trinajstić information content (AvgIpc) is 2.68. The summed E-state index contributed by atoms with van der Waals surface area (Å²) in [7, 11) is 0. The monoisotopic (exact) mass is 241 g/mol. The van der Waals surface area contributed by atoms with Gasteiger partial charge in [0.05, 0.1) is 0 Å². The molecule has 0 bridgehead atoms. The lowest BCUT2D eigenvalue weighted by Gasteiger charge is -2.17. The maximum atomic E-state index is 11.7. The third-order valence-electron chi connectivity index (χ3n) is 2.13. The largest absolute Gasteiger partial charge is 0.325 e. The van der Waals surface area contributed by atoms with Crippen molar-refractivity contribution in [3.05, 3.63) is 11.1 Å². The Morgan fingerprint density at radius 1 is 1.44 bits per heavy atom. The lowest BCUT2D eigenvalue weighted by atomic mass is 10.4. The number of hydrogen-bond acceptors (Lipinski definition) is 4. The Hall–Kier alpha value is -1.43. The number of nitrogens with zero attached hydrogens (tertiary/aromatic N) is 2. The fourth-order valence-corrected chi connectivity index (χ4v) is 1.91. The van der Waals surface area contributed by atoms with Crippen molar-refractivity contribution in [1.29, 1.82) is 0 Å². The van der Waals surface area contributed by atoms with E-state index in [9.17, 15) is 9.59 Å². The zero-order valence-corrected chi connectivity index (χ0v) is 10.4. The van der Waals surface area contributed by atoms with Crippen molar-refractivity contribution in [2.24, 2.45) is 0 Å². The first kappa shape index (κ1) is 12.6. The SMILES string of the molecule is CCN(CC)C(=O)Nc1nc(C(C)=O)cs1. The van der Waals surface area contributed by atoms with Gasteiger partial charge in [-0.3, -0.25) is 10.1 Å². The number of hydrogen-bond donors (Lipinski definition) is 1. The summed E-state index contributed by atoms with van der Waals surface area (Å²) in [6.45, 7) is 6.56. The van der Waals surface area contributed by atoms with E-state index in [0.29, 0.717) is 23.9 Å². The molecule has 16 heavy (non-hydrogen) atoms. The van der Waals surface area contributed by atoms with Gasteiger partial charge in [-0.05, 0) is 13.8 Å². The molecule has 0 saturated heterocycles. The van der Waals surface area contributed by atoms with Gasteiger partial charge in [0.2, 0.25) is 0 Å². The molecule has 0 atom stereocenters. The molecule has 6 heteroatoms. The van der Waals surface area contributed by atoms with Crippen LogP contribution in [0.15, 0.2) is 5.38 Å². The molecule has 1 aromatic rings. The minimum Gasteiger partial charge on any atom is -0.325 e. The highest BCUT2D eigenvalue weighted by atomic mass is 32.1. The second-order valence-electron chi connectivity index (χ2n) is 3.20. The second-order valence-corrected chi connectivity index (χ2v) is 4.05. The van der Waals surface area contributed by atoms with Crippen LogP contribution in [0.4, 0.5) is 9.93 Å². The fraction of sp³-hybridized carbons (Fsp3) is 0.500. The molecule has 1 aromatic heterocycles. The molecule has 0 unspecified atom stereocenters. The summed E-state index contributed by atoms with van der Waals surface area (Å²) in [5, 5.41) is 4.76. The van der Waals surface area contributed by atoms with E-state index in [0.717, 1.165) is 0 Å². The maximum absolute atomic E-state index is 11.7. The van der Waals surface area contributed by atoms with E-state index in [2.05, 4.69) is 10.3 Å². The van der Waals surface area contributed by atoms with Crippen LogP contribution < -0.4 is 5.32 Å². The molecule has 1 heterocycles. The lowest BCUT2D eigenvalue weighted by Crippen LogP contribution is -2.34. The molecule has 1 N–H and O–H groups in total. The van der Waals surface area contributed by atoms with Crippen molar-refractivity contribution < 1.29 is 9.59 Å². The fourth-order valence-electron chi connectivity index (χ4n) is 1.17. The summed E-state index contributed by atoms with van der Waals surface area (Å²) in [4.78, 5) is 28.3. The van der Waals surface area contributed by atoms with Crippen molar-refractivity contribution in [2.45, 2.75) is 20.8 Å². The molecule has 0 aromatic carbocycles. The van der Waals surface area contributed by atoms with Crippen LogP contribution in [0.2, 0.25) is 0 Å². The molecule has 0 fully saturated rings. The number of nitrogens with one attached hydrogen (secondary N) is 1. The van der Waals surface area contributed by atoms with Gasteiger partial charge in [-0.2, -0.15) is 0 Å². The molecule has 0 saturated carbocycles. The van der Waals surface area contributed by atoms with Gasteiger partial charge in [0.15, 0.2) is 10.9 Å². The van der Waals surface area contributed by atoms with Crippen LogP contribution in [0.1, 0.15) is 31.3 Å². The summed E-state index contributed by atoms with van der Waals surface area (Å²) < 4.78 is 0. The van der Waals surface area contributed by atoms with Gasteiger partial charge in [-0.25, -0.2) is 9.78 Å². The number of thiazole rings is 1. The normalized spacial score (nSPS) is 9.94. The van der Waals surface area contributed by atoms with Gasteiger partial charge in [-0.1, -0.05) is 0 Å². The van der Waals surface area contributed by atoms with Gasteiger partial charge in [0, 0.05) is 25.4 Å². The first-order valence-electron chi connectivity index (χ1n) is 5.10. The van der Waals surface area contributed by atoms with E-state index < -0.39 is 0 Å². The van der Waals surface area contributed by atoms with Crippen LogP contribution >= 0.6 is 11.3 Å². The molecular formula is C10H15N3O2S. The first-order chi connectivity index (χ1) is 7.58. The number of carbonyl (C=O) groups is 2. The van der Waals surface area contributed by atoms with Gasteiger partial charge in [0.1, 0.15) is 5.69 Å². The number of Topliss-reactive ketones (excluding diaryl/α,β-unsaturated/α-hetero) is 1. The van der Waals surface area contributed by atoms with E-state index in [1.54, 1.807) is 10.3 Å². The minimum absolute atomic E-state index is 0.0976. The molecule has 2 amide bonds. The molecule has 0 aliphatic rings. The summed E-state index contributed by atoms with van der Waals surface area (Å²) in [6.07, 6.45) is 0. The predicted molar refractivity (Wildman–Crippen MR) is 64.1 cm³/mol. The standard InChI is InChI=1S/C10H15N3O2S/c1-4-13(5-2)10(15)12-9-11-8(6-16-9)7(3)14/h6H,4-5H2,1-3H3,(H,11,12,15). The van der Waals surface area contributed by atoms with Gasteiger partial charge >= 0.3 is 6.03 Å². The van der Waals surface area contributed by atoms with E-state index >= 15 is 0 Å². The molecule has 5 nitrogen and oxygen atoms in total. The number of amides is 2. The number of carbonyl (C=O) groups excluding carboxylic acids is 2. The van der Waals surface area contributed by atoms with Crippen molar-refractivity contribution in [3.8, 4) is 0 Å². The predicted octanol–water partition coefficient (Wildman–Crippen LogP) is 2.22. The van der Waals surface area contributed by atoms with Crippen molar-refractivity contribution in [1.82, 2.24) is 9.88 Å². The quantitative estimate of drug-likeness (QED) is 0.822. The zero-order chi connectivity index (χ0) is 12.1. The molecular weight excluding hydrogens is 226 g/mol. The van der Waals surface area contributed by atoms with E-state index in [1.807, 2.05) is 13.8 Å². The summed E-state index contributed by atoms with van der Waals surface area (Å²) >= 11 is 1.25. The number of ketones is 1. The number of aromatic nitrogens is 1. The van der Waals surface area contributed by atoms with Crippen LogP contribution in [-0.4, -0.2) is 34.8 Å². The third kappa shape index (κ3) is 3.03. The molecule has 1 rings (SSSR count). The number of urea groups is 1. The Morgan fingerprint density at radius 2 is 2.06 bits per heavy atom. The Balaban J connectivity index is 2.65. The Morgan fingerprint density at radius 3 is 2.50 bits per heavy atom. The van der Waals surface area contributed by atoms with Gasteiger partial charge in [0.25, 0.3) is 0 Å². The van der Waals surface area contributed by atoms with Crippen molar-refractivity contribution in [2.75, 3.05) is 18.4 Å². The van der Waals surface area contributed by atoms with Crippen molar-refractivity contribution in [3.63, 3.8) is 0 Å². The van der Waals surface area contributed by atoms with Crippen LogP contribution in [-0.2, 0) is 0 Å². The summed E-state index contributed by atoms with van der Waals surface area (Å²) in [6, 6.07) is -0.186. The van der Waals surface area contributed by atoms with E-state index in [-0.39, 0.29) is 11.8 Å². The number of rotatable bonds is 4. The van der Waals surface area contributed by atoms with E-state index in [4.69, 9.17) is 0 Å². The average molecular weight is 241 g/mol. The van der Waals surface area contributed by atoms with Crippen LogP contribution in [0.3, 0.4) is 0 Å². The van der Waals surface area contributed by atoms with Crippen LogP contribution in [0.25, 0.3) is 0 Å². The van der Waals surface area contributed by atoms with Gasteiger partial charge < -0.3 is 4.90 Å². The van der Waals surface area contributed by atoms with Crippen LogP contribution in [0.5, 0.6) is 0 Å². The smallest absolute Gasteiger partial charge is 0.323 e. The Bertz CT molecular complexity index is 385. The third-order valence-corrected chi connectivity index (χ3v) is 2.89. The van der Waals surface area contributed by atoms with Crippen LogP contribution in [0, 0.1) is 0 Å². The highest BCUT2D eigenvalue weighted by molar-refractivity contribution is 7.14.